The summed E-state index contributed by atoms with van der Waals surface area (Å²) in [7, 11) is 0. The summed E-state index contributed by atoms with van der Waals surface area (Å²) in [6.45, 7) is 11.0. The number of fused-ring (bicyclic) bond motifs is 1. The van der Waals surface area contributed by atoms with Crippen LogP contribution in [0.4, 0.5) is 0 Å². The van der Waals surface area contributed by atoms with Crippen molar-refractivity contribution >= 4 is 10.9 Å². The first-order chi connectivity index (χ1) is 10.5. The van der Waals surface area contributed by atoms with Crippen molar-refractivity contribution in [2.45, 2.75) is 40.5 Å². The topological polar surface area (TPSA) is 12.9 Å². The number of rotatable bonds is 2. The lowest BCUT2D eigenvalue weighted by Gasteiger charge is -2.17. The molecular weight excluding hydrogens is 266 g/mol. The summed E-state index contributed by atoms with van der Waals surface area (Å²) in [4.78, 5) is 4.93. The van der Waals surface area contributed by atoms with Gasteiger partial charge in [0.1, 0.15) is 0 Å². The SMILES string of the molecule is Cc1cc(C)c(C(C)C)c(-c2ccc3c(C)cccc3n2)c1. The smallest absolute Gasteiger partial charge is 0.0712 e. The fourth-order valence-corrected chi connectivity index (χ4v) is 3.42. The zero-order chi connectivity index (χ0) is 15.9. The molecule has 22 heavy (non-hydrogen) atoms. The third kappa shape index (κ3) is 2.52. The molecule has 0 amide bonds. The first-order valence-electron chi connectivity index (χ1n) is 7.95. The lowest BCUT2D eigenvalue weighted by molar-refractivity contribution is 0.857. The van der Waals surface area contributed by atoms with Crippen molar-refractivity contribution < 1.29 is 0 Å². The van der Waals surface area contributed by atoms with Gasteiger partial charge < -0.3 is 0 Å². The molecule has 0 saturated carbocycles. The van der Waals surface area contributed by atoms with Crippen LogP contribution < -0.4 is 0 Å². The first-order valence-corrected chi connectivity index (χ1v) is 7.95. The van der Waals surface area contributed by atoms with Crippen LogP contribution in [0.5, 0.6) is 0 Å². The van der Waals surface area contributed by atoms with Crippen molar-refractivity contribution in [3.63, 3.8) is 0 Å². The van der Waals surface area contributed by atoms with Gasteiger partial charge in [-0.15, -0.1) is 0 Å². The number of benzene rings is 2. The molecule has 0 saturated heterocycles. The molecule has 3 aromatic rings. The van der Waals surface area contributed by atoms with E-state index in [1.807, 2.05) is 0 Å². The van der Waals surface area contributed by atoms with E-state index in [0.29, 0.717) is 5.92 Å². The van der Waals surface area contributed by atoms with Crippen molar-refractivity contribution in [1.29, 1.82) is 0 Å². The maximum absolute atomic E-state index is 4.93. The van der Waals surface area contributed by atoms with Gasteiger partial charge in [-0.3, -0.25) is 0 Å². The van der Waals surface area contributed by atoms with E-state index < -0.39 is 0 Å². The van der Waals surface area contributed by atoms with Crippen LogP contribution in [0, 0.1) is 20.8 Å². The molecule has 0 N–H and O–H groups in total. The predicted octanol–water partition coefficient (Wildman–Crippen LogP) is 5.95. The molecule has 0 aliphatic rings. The summed E-state index contributed by atoms with van der Waals surface area (Å²) in [5.41, 5.74) is 8.77. The molecule has 0 aliphatic carbocycles. The average molecular weight is 289 g/mol. The lowest BCUT2D eigenvalue weighted by atomic mass is 9.89. The summed E-state index contributed by atoms with van der Waals surface area (Å²) in [6.07, 6.45) is 0. The molecule has 0 atom stereocenters. The molecule has 0 aliphatic heterocycles. The van der Waals surface area contributed by atoms with Gasteiger partial charge in [0.15, 0.2) is 0 Å². The van der Waals surface area contributed by atoms with E-state index in [0.717, 1.165) is 11.2 Å². The summed E-state index contributed by atoms with van der Waals surface area (Å²) >= 11 is 0. The van der Waals surface area contributed by atoms with Crippen LogP contribution in [0.1, 0.15) is 42.0 Å². The molecule has 0 spiro atoms. The fourth-order valence-electron chi connectivity index (χ4n) is 3.42. The van der Waals surface area contributed by atoms with Crippen molar-refractivity contribution in [1.82, 2.24) is 4.98 Å². The summed E-state index contributed by atoms with van der Waals surface area (Å²) in [5.74, 6) is 0.491. The fraction of sp³-hybridized carbons (Fsp3) is 0.286. The zero-order valence-electron chi connectivity index (χ0n) is 14.1. The number of nitrogens with zero attached hydrogens (tertiary/aromatic N) is 1. The quantitative estimate of drug-likeness (QED) is 0.568. The molecule has 3 rings (SSSR count). The molecule has 1 heteroatoms. The molecule has 2 aromatic carbocycles. The Labute approximate surface area is 133 Å². The van der Waals surface area contributed by atoms with Gasteiger partial charge >= 0.3 is 0 Å². The van der Waals surface area contributed by atoms with E-state index in [9.17, 15) is 0 Å². The van der Waals surface area contributed by atoms with E-state index in [4.69, 9.17) is 4.98 Å². The van der Waals surface area contributed by atoms with E-state index in [-0.39, 0.29) is 0 Å². The number of pyridine rings is 1. The van der Waals surface area contributed by atoms with Crippen LogP contribution in [0.25, 0.3) is 22.2 Å². The number of hydrogen-bond donors (Lipinski definition) is 0. The first kappa shape index (κ1) is 14.8. The highest BCUT2D eigenvalue weighted by atomic mass is 14.7. The third-order valence-electron chi connectivity index (χ3n) is 4.33. The van der Waals surface area contributed by atoms with E-state index >= 15 is 0 Å². The molecule has 0 fully saturated rings. The van der Waals surface area contributed by atoms with Crippen molar-refractivity contribution in [2.75, 3.05) is 0 Å². The summed E-state index contributed by atoms with van der Waals surface area (Å²) in [5, 5.41) is 1.24. The van der Waals surface area contributed by atoms with Gasteiger partial charge in [-0.25, -0.2) is 4.98 Å². The number of aryl methyl sites for hydroxylation is 3. The summed E-state index contributed by atoms with van der Waals surface area (Å²) < 4.78 is 0. The Morgan fingerprint density at radius 3 is 2.36 bits per heavy atom. The Kier molecular flexibility index (Phi) is 3.74. The Hall–Kier alpha value is -2.15. The van der Waals surface area contributed by atoms with E-state index in [1.54, 1.807) is 0 Å². The molecule has 0 unspecified atom stereocenters. The van der Waals surface area contributed by atoms with Gasteiger partial charge in [0.05, 0.1) is 11.2 Å². The van der Waals surface area contributed by atoms with Crippen molar-refractivity contribution in [3.05, 3.63) is 64.7 Å². The van der Waals surface area contributed by atoms with Crippen LogP contribution in [0.15, 0.2) is 42.5 Å². The van der Waals surface area contributed by atoms with Crippen LogP contribution in [-0.2, 0) is 0 Å². The van der Waals surface area contributed by atoms with Gasteiger partial charge in [-0.05, 0) is 61.6 Å². The Morgan fingerprint density at radius 2 is 1.64 bits per heavy atom. The molecule has 1 nitrogen and oxygen atoms in total. The maximum atomic E-state index is 4.93. The molecule has 1 aromatic heterocycles. The standard InChI is InChI=1S/C21H23N/c1-13(2)21-16(5)11-14(3)12-18(21)20-10-9-17-15(4)7-6-8-19(17)22-20/h6-13H,1-5H3. The lowest BCUT2D eigenvalue weighted by Crippen LogP contribution is -1.99. The van der Waals surface area contributed by atoms with Crippen LogP contribution in [0.3, 0.4) is 0 Å². The van der Waals surface area contributed by atoms with Gasteiger partial charge in [-0.2, -0.15) is 0 Å². The van der Waals surface area contributed by atoms with Crippen LogP contribution in [-0.4, -0.2) is 4.98 Å². The molecule has 0 bridgehead atoms. The molecule has 112 valence electrons. The number of hydrogen-bond acceptors (Lipinski definition) is 1. The minimum atomic E-state index is 0.491. The maximum Gasteiger partial charge on any atom is 0.0712 e. The Balaban J connectivity index is 2.27. The van der Waals surface area contributed by atoms with Crippen LogP contribution in [0.2, 0.25) is 0 Å². The largest absolute Gasteiger partial charge is 0.248 e. The molecular formula is C21H23N. The zero-order valence-corrected chi connectivity index (χ0v) is 14.1. The van der Waals surface area contributed by atoms with Gasteiger partial charge in [-0.1, -0.05) is 43.7 Å². The minimum absolute atomic E-state index is 0.491. The van der Waals surface area contributed by atoms with Crippen molar-refractivity contribution in [2.24, 2.45) is 0 Å². The van der Waals surface area contributed by atoms with Gasteiger partial charge in [0.2, 0.25) is 0 Å². The predicted molar refractivity (Wildman–Crippen MR) is 95.5 cm³/mol. The summed E-state index contributed by atoms with van der Waals surface area (Å²) in [6, 6.07) is 15.2. The normalized spacial score (nSPS) is 11.4. The Bertz CT molecular complexity index is 844. The highest BCUT2D eigenvalue weighted by Gasteiger charge is 2.14. The molecule has 1 heterocycles. The monoisotopic (exact) mass is 289 g/mol. The molecule has 0 radical (unpaired) electrons. The average Bonchev–Trinajstić information content (AvgIpc) is 2.45. The van der Waals surface area contributed by atoms with E-state index in [1.165, 1.54) is 33.2 Å². The second-order valence-electron chi connectivity index (χ2n) is 6.54. The third-order valence-corrected chi connectivity index (χ3v) is 4.33. The number of aromatic nitrogens is 1. The van der Waals surface area contributed by atoms with E-state index in [2.05, 4.69) is 77.1 Å². The van der Waals surface area contributed by atoms with Gasteiger partial charge in [0.25, 0.3) is 0 Å². The van der Waals surface area contributed by atoms with Crippen LogP contribution >= 0.6 is 0 Å². The second-order valence-corrected chi connectivity index (χ2v) is 6.54. The van der Waals surface area contributed by atoms with Crippen molar-refractivity contribution in [3.8, 4) is 11.3 Å². The minimum Gasteiger partial charge on any atom is -0.248 e. The highest BCUT2D eigenvalue weighted by Crippen LogP contribution is 2.33. The Morgan fingerprint density at radius 1 is 0.864 bits per heavy atom. The highest BCUT2D eigenvalue weighted by molar-refractivity contribution is 5.85. The second kappa shape index (κ2) is 5.57. The van der Waals surface area contributed by atoms with Gasteiger partial charge in [0, 0.05) is 10.9 Å².